The van der Waals surface area contributed by atoms with E-state index in [4.69, 9.17) is 17.3 Å². The van der Waals surface area contributed by atoms with E-state index in [0.717, 1.165) is 16.3 Å². The third-order valence-electron chi connectivity index (χ3n) is 2.47. The number of primary amides is 1. The second-order valence-electron chi connectivity index (χ2n) is 3.81. The minimum absolute atomic E-state index is 0.420. The topological polar surface area (TPSA) is 68.0 Å². The fourth-order valence-corrected chi connectivity index (χ4v) is 2.45. The molecule has 0 atom stereocenters. The highest BCUT2D eigenvalue weighted by molar-refractivity contribution is 7.15. The van der Waals surface area contributed by atoms with Gasteiger partial charge in [0.15, 0.2) is 0 Å². The van der Waals surface area contributed by atoms with Gasteiger partial charge >= 0.3 is 0 Å². The van der Waals surface area contributed by atoms with Crippen LogP contribution >= 0.6 is 22.9 Å². The zero-order valence-electron chi connectivity index (χ0n) is 9.74. The molecule has 1 amide bonds. The number of nitrogens with two attached hydrogens (primary N) is 1. The van der Waals surface area contributed by atoms with Gasteiger partial charge in [0.2, 0.25) is 5.91 Å². The maximum atomic E-state index is 11.0. The van der Waals surface area contributed by atoms with Crippen molar-refractivity contribution in [3.63, 3.8) is 0 Å². The lowest BCUT2D eigenvalue weighted by atomic mass is 10.1. The normalized spacial score (nSPS) is 10.3. The Bertz CT molecular complexity index is 582. The van der Waals surface area contributed by atoms with E-state index in [9.17, 15) is 4.79 Å². The Kier molecular flexibility index (Phi) is 3.84. The molecule has 94 valence electrons. The van der Waals surface area contributed by atoms with Gasteiger partial charge < -0.3 is 11.1 Å². The largest absolute Gasteiger partial charge is 0.378 e. The molecule has 0 saturated heterocycles. The number of carbonyl (C=O) groups is 1. The number of hydrogen-bond donors (Lipinski definition) is 2. The van der Waals surface area contributed by atoms with Crippen LogP contribution in [0.15, 0.2) is 24.4 Å². The predicted molar refractivity (Wildman–Crippen MR) is 74.1 cm³/mol. The van der Waals surface area contributed by atoms with Crippen LogP contribution in [0.5, 0.6) is 0 Å². The van der Waals surface area contributed by atoms with Gasteiger partial charge in [0, 0.05) is 11.3 Å². The molecule has 0 aliphatic rings. The number of thiazole rings is 1. The first-order chi connectivity index (χ1) is 8.56. The summed E-state index contributed by atoms with van der Waals surface area (Å²) < 4.78 is 0.674. The van der Waals surface area contributed by atoms with Crippen molar-refractivity contribution in [2.75, 3.05) is 5.32 Å². The molecule has 1 aromatic carbocycles. The molecule has 4 nitrogen and oxygen atoms in total. The number of carbonyl (C=O) groups excluding carboxylic acids is 1. The van der Waals surface area contributed by atoms with Gasteiger partial charge in [-0.05, 0) is 30.7 Å². The first-order valence-corrected chi connectivity index (χ1v) is 6.50. The van der Waals surface area contributed by atoms with E-state index in [1.165, 1.54) is 11.3 Å². The molecule has 1 aromatic heterocycles. The fourth-order valence-electron chi connectivity index (χ4n) is 1.56. The van der Waals surface area contributed by atoms with Crippen molar-refractivity contribution in [1.82, 2.24) is 4.98 Å². The molecular formula is C12H12ClN3OS. The SMILES string of the molecule is Cc1cc(C(N)=O)ccc1NCc1ncc(Cl)s1. The first-order valence-electron chi connectivity index (χ1n) is 5.31. The number of benzene rings is 1. The Morgan fingerprint density at radius 1 is 1.56 bits per heavy atom. The van der Waals surface area contributed by atoms with Crippen LogP contribution in [0, 0.1) is 6.92 Å². The molecule has 0 unspecified atom stereocenters. The zero-order chi connectivity index (χ0) is 13.1. The van der Waals surface area contributed by atoms with Gasteiger partial charge in [-0.25, -0.2) is 4.98 Å². The van der Waals surface area contributed by atoms with E-state index in [0.29, 0.717) is 16.4 Å². The minimum Gasteiger partial charge on any atom is -0.378 e. The molecule has 0 saturated carbocycles. The van der Waals surface area contributed by atoms with E-state index < -0.39 is 5.91 Å². The molecule has 0 bridgehead atoms. The second kappa shape index (κ2) is 5.37. The minimum atomic E-state index is -0.420. The Morgan fingerprint density at radius 2 is 2.33 bits per heavy atom. The summed E-state index contributed by atoms with van der Waals surface area (Å²) >= 11 is 7.24. The molecule has 0 radical (unpaired) electrons. The fraction of sp³-hybridized carbons (Fsp3) is 0.167. The van der Waals surface area contributed by atoms with Crippen LogP contribution in [0.4, 0.5) is 5.69 Å². The summed E-state index contributed by atoms with van der Waals surface area (Å²) in [4.78, 5) is 15.2. The molecule has 0 aliphatic carbocycles. The summed E-state index contributed by atoms with van der Waals surface area (Å²) in [6.45, 7) is 2.53. The van der Waals surface area contributed by atoms with Crippen LogP contribution in [0.25, 0.3) is 0 Å². The molecular weight excluding hydrogens is 270 g/mol. The van der Waals surface area contributed by atoms with Crippen LogP contribution in [0.3, 0.4) is 0 Å². The van der Waals surface area contributed by atoms with Crippen LogP contribution < -0.4 is 11.1 Å². The van der Waals surface area contributed by atoms with Crippen molar-refractivity contribution in [3.05, 3.63) is 44.9 Å². The Labute approximate surface area is 114 Å². The standard InChI is InChI=1S/C12H12ClN3OS/c1-7-4-8(12(14)17)2-3-9(7)15-6-11-16-5-10(13)18-11/h2-5,15H,6H2,1H3,(H2,14,17). The molecule has 2 aromatic rings. The molecule has 6 heteroatoms. The smallest absolute Gasteiger partial charge is 0.248 e. The number of nitrogens with one attached hydrogen (secondary N) is 1. The van der Waals surface area contributed by atoms with Gasteiger partial charge in [-0.2, -0.15) is 0 Å². The van der Waals surface area contributed by atoms with Crippen LogP contribution in [-0.4, -0.2) is 10.9 Å². The van der Waals surface area contributed by atoms with Gasteiger partial charge in [0.05, 0.1) is 12.7 Å². The number of aromatic nitrogens is 1. The summed E-state index contributed by atoms with van der Waals surface area (Å²) in [5.41, 5.74) is 7.64. The van der Waals surface area contributed by atoms with E-state index >= 15 is 0 Å². The summed E-state index contributed by atoms with van der Waals surface area (Å²) in [7, 11) is 0. The van der Waals surface area contributed by atoms with Crippen LogP contribution in [0.2, 0.25) is 4.34 Å². The second-order valence-corrected chi connectivity index (χ2v) is 5.55. The van der Waals surface area contributed by atoms with E-state index in [2.05, 4.69) is 10.3 Å². The number of hydrogen-bond acceptors (Lipinski definition) is 4. The highest BCUT2D eigenvalue weighted by Gasteiger charge is 2.05. The summed E-state index contributed by atoms with van der Waals surface area (Å²) in [5, 5.41) is 4.16. The highest BCUT2D eigenvalue weighted by atomic mass is 35.5. The molecule has 2 rings (SSSR count). The predicted octanol–water partition coefficient (Wildman–Crippen LogP) is 2.82. The quantitative estimate of drug-likeness (QED) is 0.905. The average molecular weight is 282 g/mol. The maximum absolute atomic E-state index is 11.0. The highest BCUT2D eigenvalue weighted by Crippen LogP contribution is 2.21. The molecule has 1 heterocycles. The van der Waals surface area contributed by atoms with E-state index in [-0.39, 0.29) is 0 Å². The molecule has 18 heavy (non-hydrogen) atoms. The van der Waals surface area contributed by atoms with E-state index in [1.807, 2.05) is 13.0 Å². The van der Waals surface area contributed by atoms with Crippen molar-refractivity contribution in [1.29, 1.82) is 0 Å². The maximum Gasteiger partial charge on any atom is 0.248 e. The third-order valence-corrected chi connectivity index (χ3v) is 3.58. The van der Waals surface area contributed by atoms with E-state index in [1.54, 1.807) is 18.3 Å². The van der Waals surface area contributed by atoms with Crippen molar-refractivity contribution in [2.45, 2.75) is 13.5 Å². The molecule has 0 fully saturated rings. The van der Waals surface area contributed by atoms with Gasteiger partial charge in [-0.3, -0.25) is 4.79 Å². The lowest BCUT2D eigenvalue weighted by molar-refractivity contribution is 0.1000. The summed E-state index contributed by atoms with van der Waals surface area (Å²) in [5.74, 6) is -0.420. The van der Waals surface area contributed by atoms with Gasteiger partial charge in [0.1, 0.15) is 9.34 Å². The molecule has 0 aliphatic heterocycles. The summed E-state index contributed by atoms with van der Waals surface area (Å²) in [6.07, 6.45) is 1.63. The van der Waals surface area contributed by atoms with Gasteiger partial charge in [-0.15, -0.1) is 11.3 Å². The number of aryl methyl sites for hydroxylation is 1. The number of rotatable bonds is 4. The van der Waals surface area contributed by atoms with Crippen molar-refractivity contribution >= 4 is 34.5 Å². The average Bonchev–Trinajstić information content (AvgIpc) is 2.73. The monoisotopic (exact) mass is 281 g/mol. The Morgan fingerprint density at radius 3 is 2.89 bits per heavy atom. The van der Waals surface area contributed by atoms with Gasteiger partial charge in [-0.1, -0.05) is 11.6 Å². The third kappa shape index (κ3) is 3.00. The van der Waals surface area contributed by atoms with Crippen molar-refractivity contribution in [3.8, 4) is 0 Å². The van der Waals surface area contributed by atoms with Crippen molar-refractivity contribution in [2.24, 2.45) is 5.73 Å². The summed E-state index contributed by atoms with van der Waals surface area (Å²) in [6, 6.07) is 5.30. The number of amides is 1. The Balaban J connectivity index is 2.08. The number of nitrogens with zero attached hydrogens (tertiary/aromatic N) is 1. The van der Waals surface area contributed by atoms with Crippen LogP contribution in [0.1, 0.15) is 20.9 Å². The molecule has 0 spiro atoms. The Hall–Kier alpha value is -1.59. The lowest BCUT2D eigenvalue weighted by Crippen LogP contribution is -2.11. The number of anilines is 1. The lowest BCUT2D eigenvalue weighted by Gasteiger charge is -2.08. The van der Waals surface area contributed by atoms with Crippen LogP contribution in [-0.2, 0) is 6.54 Å². The van der Waals surface area contributed by atoms with Crippen molar-refractivity contribution < 1.29 is 4.79 Å². The first kappa shape index (κ1) is 12.9. The number of halogens is 1. The zero-order valence-corrected chi connectivity index (χ0v) is 11.3. The molecule has 3 N–H and O–H groups in total. The van der Waals surface area contributed by atoms with Gasteiger partial charge in [0.25, 0.3) is 0 Å².